The molecule has 1 unspecified atom stereocenters. The number of para-hydroxylation sites is 1. The SMILES string of the molecule is CC.CC1CN=C(Cc2cccc3cccnc23)N1.Cc1cccc(NC2=NCCN2)c1. The first-order valence-corrected chi connectivity index (χ1v) is 11.4. The Hall–Kier alpha value is -3.41. The van der Waals surface area contributed by atoms with Gasteiger partial charge in [-0.1, -0.05) is 50.2 Å². The van der Waals surface area contributed by atoms with Crippen molar-refractivity contribution in [2.24, 2.45) is 9.98 Å². The number of amidine groups is 1. The van der Waals surface area contributed by atoms with E-state index in [4.69, 9.17) is 0 Å². The molecule has 0 aliphatic carbocycles. The van der Waals surface area contributed by atoms with E-state index in [1.165, 1.54) is 16.5 Å². The van der Waals surface area contributed by atoms with E-state index in [9.17, 15) is 0 Å². The lowest BCUT2D eigenvalue weighted by Gasteiger charge is -2.08. The summed E-state index contributed by atoms with van der Waals surface area (Å²) in [4.78, 5) is 13.2. The zero-order valence-corrected chi connectivity index (χ0v) is 19.5. The number of aryl methyl sites for hydroxylation is 1. The molecule has 0 saturated carbocycles. The molecule has 0 amide bonds. The summed E-state index contributed by atoms with van der Waals surface area (Å²) in [5, 5.41) is 11.0. The Morgan fingerprint density at radius 3 is 2.56 bits per heavy atom. The fraction of sp³-hybridized carbons (Fsp3) is 0.346. The van der Waals surface area contributed by atoms with E-state index < -0.39 is 0 Å². The minimum Gasteiger partial charge on any atom is -0.369 e. The van der Waals surface area contributed by atoms with E-state index in [1.54, 1.807) is 0 Å². The first-order chi connectivity index (χ1) is 15.7. The Labute approximate surface area is 191 Å². The second-order valence-electron chi connectivity index (χ2n) is 7.65. The van der Waals surface area contributed by atoms with Crippen molar-refractivity contribution >= 4 is 28.4 Å². The molecule has 0 spiro atoms. The number of aliphatic imine (C=N–C) groups is 2. The van der Waals surface area contributed by atoms with Gasteiger partial charge in [-0.2, -0.15) is 0 Å². The number of fused-ring (bicyclic) bond motifs is 1. The van der Waals surface area contributed by atoms with E-state index in [2.05, 4.69) is 81.2 Å². The van der Waals surface area contributed by atoms with Crippen LogP contribution in [0, 0.1) is 6.92 Å². The molecule has 168 valence electrons. The van der Waals surface area contributed by atoms with Gasteiger partial charge >= 0.3 is 0 Å². The highest BCUT2D eigenvalue weighted by molar-refractivity contribution is 5.94. The molecule has 32 heavy (non-hydrogen) atoms. The van der Waals surface area contributed by atoms with Crippen LogP contribution < -0.4 is 16.0 Å². The van der Waals surface area contributed by atoms with Gasteiger partial charge in [0.15, 0.2) is 5.96 Å². The predicted octanol–water partition coefficient (Wildman–Crippen LogP) is 4.56. The number of benzene rings is 2. The number of hydrogen-bond acceptors (Lipinski definition) is 6. The Kier molecular flexibility index (Phi) is 8.61. The zero-order valence-electron chi connectivity index (χ0n) is 19.5. The molecule has 2 aliphatic rings. The molecule has 3 aromatic rings. The van der Waals surface area contributed by atoms with Crippen molar-refractivity contribution in [3.63, 3.8) is 0 Å². The first-order valence-electron chi connectivity index (χ1n) is 11.4. The number of nitrogens with one attached hydrogen (secondary N) is 3. The number of nitrogens with zero attached hydrogens (tertiary/aromatic N) is 3. The topological polar surface area (TPSA) is 73.7 Å². The largest absolute Gasteiger partial charge is 0.369 e. The Morgan fingerprint density at radius 1 is 1.03 bits per heavy atom. The monoisotopic (exact) mass is 430 g/mol. The molecule has 0 saturated heterocycles. The fourth-order valence-corrected chi connectivity index (χ4v) is 3.56. The van der Waals surface area contributed by atoms with Crippen LogP contribution in [0.5, 0.6) is 0 Å². The summed E-state index contributed by atoms with van der Waals surface area (Å²) in [6.07, 6.45) is 2.69. The van der Waals surface area contributed by atoms with Crippen molar-refractivity contribution in [1.82, 2.24) is 15.6 Å². The minimum absolute atomic E-state index is 0.466. The Balaban J connectivity index is 0.000000173. The molecule has 2 aromatic carbocycles. The molecule has 3 heterocycles. The molecule has 6 heteroatoms. The third-order valence-electron chi connectivity index (χ3n) is 5.00. The number of hydrogen-bond donors (Lipinski definition) is 3. The van der Waals surface area contributed by atoms with Crippen molar-refractivity contribution in [2.75, 3.05) is 25.0 Å². The summed E-state index contributed by atoms with van der Waals surface area (Å²) in [7, 11) is 0. The van der Waals surface area contributed by atoms with Crippen molar-refractivity contribution in [3.05, 3.63) is 71.9 Å². The van der Waals surface area contributed by atoms with E-state index in [-0.39, 0.29) is 0 Å². The second kappa shape index (κ2) is 11.8. The zero-order chi connectivity index (χ0) is 22.8. The van der Waals surface area contributed by atoms with Crippen LogP contribution in [-0.2, 0) is 6.42 Å². The molecule has 1 aromatic heterocycles. The van der Waals surface area contributed by atoms with Crippen molar-refractivity contribution in [2.45, 2.75) is 40.2 Å². The van der Waals surface area contributed by atoms with Crippen molar-refractivity contribution in [1.29, 1.82) is 0 Å². The highest BCUT2D eigenvalue weighted by Gasteiger charge is 2.14. The molecule has 5 rings (SSSR count). The summed E-state index contributed by atoms with van der Waals surface area (Å²) < 4.78 is 0. The number of rotatable bonds is 3. The second-order valence-corrected chi connectivity index (χ2v) is 7.65. The van der Waals surface area contributed by atoms with Gasteiger partial charge in [-0.3, -0.25) is 15.0 Å². The molecule has 6 nitrogen and oxygen atoms in total. The highest BCUT2D eigenvalue weighted by atomic mass is 15.2. The van der Waals surface area contributed by atoms with Crippen molar-refractivity contribution < 1.29 is 0 Å². The average molecular weight is 431 g/mol. The Bertz CT molecular complexity index is 1070. The lowest BCUT2D eigenvalue weighted by molar-refractivity contribution is 0.723. The maximum atomic E-state index is 4.50. The van der Waals surface area contributed by atoms with Gasteiger partial charge in [-0.15, -0.1) is 0 Å². The number of pyridine rings is 1. The molecule has 0 radical (unpaired) electrons. The predicted molar refractivity (Wildman–Crippen MR) is 137 cm³/mol. The van der Waals surface area contributed by atoms with E-state index in [0.717, 1.165) is 49.1 Å². The minimum atomic E-state index is 0.466. The molecular weight excluding hydrogens is 396 g/mol. The van der Waals surface area contributed by atoms with Crippen LogP contribution in [0.1, 0.15) is 31.9 Å². The van der Waals surface area contributed by atoms with Gasteiger partial charge in [0, 0.05) is 36.3 Å². The van der Waals surface area contributed by atoms with Gasteiger partial charge in [-0.05, 0) is 43.2 Å². The molecule has 3 N–H and O–H groups in total. The number of anilines is 1. The summed E-state index contributed by atoms with van der Waals surface area (Å²) in [6, 6.07) is 19.1. The Morgan fingerprint density at radius 2 is 1.84 bits per heavy atom. The molecule has 0 fully saturated rings. The van der Waals surface area contributed by atoms with Crippen LogP contribution in [0.3, 0.4) is 0 Å². The lowest BCUT2D eigenvalue weighted by Crippen LogP contribution is -2.28. The van der Waals surface area contributed by atoms with Crippen LogP contribution in [0.25, 0.3) is 10.9 Å². The summed E-state index contributed by atoms with van der Waals surface area (Å²) in [6.45, 7) is 10.9. The molecule has 0 bridgehead atoms. The smallest absolute Gasteiger partial charge is 0.195 e. The van der Waals surface area contributed by atoms with Crippen LogP contribution in [0.15, 0.2) is 70.8 Å². The van der Waals surface area contributed by atoms with E-state index in [1.807, 2.05) is 38.2 Å². The molecule has 1 atom stereocenters. The van der Waals surface area contributed by atoms with Gasteiger partial charge < -0.3 is 16.0 Å². The third-order valence-corrected chi connectivity index (χ3v) is 5.00. The molecule has 2 aliphatic heterocycles. The van der Waals surface area contributed by atoms with E-state index in [0.29, 0.717) is 6.04 Å². The van der Waals surface area contributed by atoms with Gasteiger partial charge in [0.25, 0.3) is 0 Å². The third kappa shape index (κ3) is 6.54. The average Bonchev–Trinajstić information content (AvgIpc) is 3.48. The summed E-state index contributed by atoms with van der Waals surface area (Å²) in [5.41, 5.74) is 4.67. The number of aromatic nitrogens is 1. The van der Waals surface area contributed by atoms with Gasteiger partial charge in [0.2, 0.25) is 0 Å². The van der Waals surface area contributed by atoms with Crippen LogP contribution in [-0.4, -0.2) is 42.5 Å². The summed E-state index contributed by atoms with van der Waals surface area (Å²) in [5.74, 6) is 1.96. The standard InChI is InChI=1S/C14H15N3.C10H13N3.C2H6/c1-10-9-16-13(17-10)8-12-5-2-4-11-6-3-7-15-14(11)12;1-8-3-2-4-9(7-8)13-10-11-5-6-12-10;1-2/h2-7,10H,8-9H2,1H3,(H,16,17);2-4,7H,5-6H2,1H3,(H2,11,12,13);1-2H3. The maximum Gasteiger partial charge on any atom is 0.195 e. The fourth-order valence-electron chi connectivity index (χ4n) is 3.56. The maximum absolute atomic E-state index is 4.50. The van der Waals surface area contributed by atoms with Crippen LogP contribution >= 0.6 is 0 Å². The quantitative estimate of drug-likeness (QED) is 0.569. The lowest BCUT2D eigenvalue weighted by atomic mass is 10.1. The van der Waals surface area contributed by atoms with Gasteiger partial charge in [-0.25, -0.2) is 0 Å². The van der Waals surface area contributed by atoms with Crippen LogP contribution in [0.2, 0.25) is 0 Å². The number of guanidine groups is 1. The first kappa shape index (κ1) is 23.3. The van der Waals surface area contributed by atoms with Crippen LogP contribution in [0.4, 0.5) is 5.69 Å². The van der Waals surface area contributed by atoms with Gasteiger partial charge in [0.1, 0.15) is 5.84 Å². The summed E-state index contributed by atoms with van der Waals surface area (Å²) >= 11 is 0. The van der Waals surface area contributed by atoms with Gasteiger partial charge in [0.05, 0.1) is 18.6 Å². The van der Waals surface area contributed by atoms with Crippen molar-refractivity contribution in [3.8, 4) is 0 Å². The van der Waals surface area contributed by atoms with E-state index >= 15 is 0 Å². The highest BCUT2D eigenvalue weighted by Crippen LogP contribution is 2.17. The molecular formula is C26H34N6. The normalized spacial score (nSPS) is 16.4.